The van der Waals surface area contributed by atoms with E-state index in [1.165, 1.54) is 26.4 Å². The number of methoxy groups -OCH3 is 2. The summed E-state index contributed by atoms with van der Waals surface area (Å²) in [6, 6.07) is 14.5. The zero-order valence-electron chi connectivity index (χ0n) is 31.3. The van der Waals surface area contributed by atoms with E-state index in [0.717, 1.165) is 24.3 Å². The molecular formula is C34H28N6NaO16S4. The van der Waals surface area contributed by atoms with Gasteiger partial charge in [0.15, 0.2) is 11.5 Å². The van der Waals surface area contributed by atoms with Crippen LogP contribution < -0.4 is 20.9 Å². The first kappa shape index (κ1) is 46.5. The van der Waals surface area contributed by atoms with Crippen molar-refractivity contribution in [2.45, 2.75) is 19.6 Å². The van der Waals surface area contributed by atoms with Crippen molar-refractivity contribution in [1.29, 1.82) is 0 Å². The van der Waals surface area contributed by atoms with Crippen LogP contribution in [-0.4, -0.2) is 106 Å². The molecule has 0 aliphatic heterocycles. The minimum Gasteiger partial charge on any atom is -0.505 e. The third kappa shape index (κ3) is 9.09. The van der Waals surface area contributed by atoms with Crippen molar-refractivity contribution >= 4 is 126 Å². The molecule has 61 heavy (non-hydrogen) atoms. The summed E-state index contributed by atoms with van der Waals surface area (Å²) in [6.07, 6.45) is 0. The van der Waals surface area contributed by atoms with Gasteiger partial charge < -0.3 is 31.2 Å². The molecule has 0 aliphatic carbocycles. The summed E-state index contributed by atoms with van der Waals surface area (Å²) in [6.45, 7) is 0. The van der Waals surface area contributed by atoms with Crippen molar-refractivity contribution in [1.82, 2.24) is 0 Å². The fraction of sp³-hybridized carbons (Fsp3) is 0.0588. The second-order valence-corrected chi connectivity index (χ2v) is 17.9. The van der Waals surface area contributed by atoms with E-state index in [1.54, 1.807) is 24.3 Å². The maximum Gasteiger partial charge on any atom is 0.296 e. The molecule has 315 valence electrons. The van der Waals surface area contributed by atoms with E-state index in [4.69, 9.17) is 20.9 Å². The topological polar surface area (TPSA) is 378 Å². The summed E-state index contributed by atoms with van der Waals surface area (Å²) < 4.78 is 145. The Morgan fingerprint density at radius 3 is 1.05 bits per heavy atom. The number of benzene rings is 6. The van der Waals surface area contributed by atoms with Crippen LogP contribution in [-0.2, 0) is 40.5 Å². The SMILES string of the molecule is COc1cc(-c2ccc(/N=N/c3ccc4c(S(=O)(=O)O)cc(S(=O)(=O)O)c(N)c4c3O)c(OC)c2)ccc1/N=N/c1ccc2c(S(=O)(=O)O)cc(S(=O)(=O)O)c(N)c2c1O.[Na]. The molecule has 6 aromatic carbocycles. The second-order valence-electron chi connectivity index (χ2n) is 12.4. The Morgan fingerprint density at radius 1 is 0.459 bits per heavy atom. The molecule has 0 bridgehead atoms. The van der Waals surface area contributed by atoms with Crippen LogP contribution in [0.1, 0.15) is 0 Å². The Kier molecular flexibility index (Phi) is 12.8. The maximum absolute atomic E-state index is 12.0. The molecule has 0 spiro atoms. The molecule has 0 fully saturated rings. The molecule has 27 heteroatoms. The van der Waals surface area contributed by atoms with Crippen molar-refractivity contribution < 1.29 is 71.6 Å². The van der Waals surface area contributed by atoms with E-state index in [9.17, 15) is 62.1 Å². The Balaban J connectivity index is 0.00000704. The summed E-state index contributed by atoms with van der Waals surface area (Å²) in [5, 5.41) is 36.3. The minimum absolute atomic E-state index is 0. The van der Waals surface area contributed by atoms with Crippen LogP contribution in [0, 0.1) is 0 Å². The quantitative estimate of drug-likeness (QED) is 0.0335. The zero-order chi connectivity index (χ0) is 44.3. The summed E-state index contributed by atoms with van der Waals surface area (Å²) in [5.74, 6) is -1.36. The number of anilines is 2. The molecule has 10 N–H and O–H groups in total. The van der Waals surface area contributed by atoms with Crippen LogP contribution >= 0.6 is 0 Å². The molecule has 6 aromatic rings. The van der Waals surface area contributed by atoms with E-state index in [-0.39, 0.29) is 74.6 Å². The van der Waals surface area contributed by atoms with Crippen molar-refractivity contribution in [2.75, 3.05) is 25.7 Å². The predicted molar refractivity (Wildman–Crippen MR) is 218 cm³/mol. The standard InChI is InChI=1S/C34H28N6O16S4.Na/c1-55-23-11-15(3-7-19(23)37-39-21-9-5-17-25(57(43,44)45)13-27(59(49,50)51)31(35)29(17)33(21)41)16-4-8-20(24(12-16)56-2)38-40-22-10-6-18-26(58(46,47)48)14-28(60(52,53)54)32(36)30(18)34(22)42;/h3-14,41-42H,35-36H2,1-2H3,(H,43,44,45)(H,46,47,48)(H,49,50,51)(H,52,53,54);/b39-37+,40-38+;. The molecule has 0 aliphatic rings. The Hall–Kier alpha value is -5.52. The molecule has 0 saturated heterocycles. The van der Waals surface area contributed by atoms with Crippen LogP contribution in [0.3, 0.4) is 0 Å². The zero-order valence-corrected chi connectivity index (χ0v) is 36.5. The first-order chi connectivity index (χ1) is 27.9. The minimum atomic E-state index is -5.13. The van der Waals surface area contributed by atoms with E-state index in [1.807, 2.05) is 0 Å². The van der Waals surface area contributed by atoms with Gasteiger partial charge in [0, 0.05) is 40.3 Å². The first-order valence-electron chi connectivity index (χ1n) is 16.1. The van der Waals surface area contributed by atoms with Crippen LogP contribution in [0.2, 0.25) is 0 Å². The van der Waals surface area contributed by atoms with Crippen LogP contribution in [0.4, 0.5) is 34.1 Å². The average Bonchev–Trinajstić information content (AvgIpc) is 3.15. The van der Waals surface area contributed by atoms with Gasteiger partial charge in [0.25, 0.3) is 40.5 Å². The summed E-state index contributed by atoms with van der Waals surface area (Å²) in [4.78, 5) is -4.11. The number of nitrogens with two attached hydrogens (primary N) is 2. The smallest absolute Gasteiger partial charge is 0.296 e. The Morgan fingerprint density at radius 2 is 0.754 bits per heavy atom. The third-order valence-corrected chi connectivity index (χ3v) is 12.3. The van der Waals surface area contributed by atoms with E-state index in [2.05, 4.69) is 20.5 Å². The average molecular weight is 928 g/mol. The molecule has 0 atom stereocenters. The summed E-state index contributed by atoms with van der Waals surface area (Å²) in [5.41, 5.74) is 11.0. The van der Waals surface area contributed by atoms with Crippen LogP contribution in [0.25, 0.3) is 32.7 Å². The van der Waals surface area contributed by atoms with E-state index in [0.29, 0.717) is 23.3 Å². The van der Waals surface area contributed by atoms with Gasteiger partial charge in [-0.3, -0.25) is 18.2 Å². The normalized spacial score (nSPS) is 12.6. The number of fused-ring (bicyclic) bond motifs is 2. The summed E-state index contributed by atoms with van der Waals surface area (Å²) >= 11 is 0. The van der Waals surface area contributed by atoms with E-state index >= 15 is 0 Å². The second kappa shape index (κ2) is 16.7. The first-order valence-corrected chi connectivity index (χ1v) is 21.9. The largest absolute Gasteiger partial charge is 0.505 e. The number of hydrogen-bond acceptors (Lipinski definition) is 18. The molecule has 0 unspecified atom stereocenters. The van der Waals surface area contributed by atoms with Gasteiger partial charge in [-0.2, -0.15) is 33.7 Å². The third-order valence-electron chi connectivity index (χ3n) is 8.77. The van der Waals surface area contributed by atoms with Gasteiger partial charge in [-0.25, -0.2) is 0 Å². The molecule has 0 heterocycles. The number of azo groups is 2. The van der Waals surface area contributed by atoms with Crippen molar-refractivity contribution in [3.8, 4) is 34.1 Å². The number of nitrogen functional groups attached to an aromatic ring is 2. The number of ether oxygens (including phenoxy) is 2. The number of hydrogen-bond donors (Lipinski definition) is 8. The number of rotatable bonds is 11. The maximum atomic E-state index is 12.0. The predicted octanol–water partition coefficient (Wildman–Crippen LogP) is 5.69. The van der Waals surface area contributed by atoms with E-state index < -0.39 is 93.7 Å². The number of aromatic hydroxyl groups is 2. The van der Waals surface area contributed by atoms with Gasteiger partial charge in [-0.1, -0.05) is 24.3 Å². The number of nitrogens with zero attached hydrogens (tertiary/aromatic N) is 4. The van der Waals surface area contributed by atoms with Crippen LogP contribution in [0.15, 0.2) is 113 Å². The van der Waals surface area contributed by atoms with Crippen molar-refractivity contribution in [3.63, 3.8) is 0 Å². The Labute approximate surface area is 367 Å². The van der Waals surface area contributed by atoms with Crippen molar-refractivity contribution in [3.05, 3.63) is 72.8 Å². The fourth-order valence-electron chi connectivity index (χ4n) is 6.02. The number of phenolic OH excluding ortho intramolecular Hbond substituents is 2. The molecule has 6 rings (SSSR count). The van der Waals surface area contributed by atoms with Gasteiger partial charge in [0.05, 0.1) is 36.4 Å². The molecular weight excluding hydrogens is 900 g/mol. The fourth-order valence-corrected chi connectivity index (χ4v) is 8.89. The monoisotopic (exact) mass is 927 g/mol. The molecule has 1 radical (unpaired) electrons. The van der Waals surface area contributed by atoms with Gasteiger partial charge in [0.2, 0.25) is 0 Å². The van der Waals surface area contributed by atoms with Gasteiger partial charge in [0.1, 0.15) is 53.8 Å². The molecule has 0 aromatic heterocycles. The van der Waals surface area contributed by atoms with Gasteiger partial charge in [-0.05, 0) is 59.7 Å². The molecule has 0 amide bonds. The van der Waals surface area contributed by atoms with Gasteiger partial charge in [-0.15, -0.1) is 20.5 Å². The number of phenols is 2. The molecule has 22 nitrogen and oxygen atoms in total. The van der Waals surface area contributed by atoms with Gasteiger partial charge >= 0.3 is 0 Å². The molecule has 0 saturated carbocycles. The summed E-state index contributed by atoms with van der Waals surface area (Å²) in [7, 11) is -17.8. The van der Waals surface area contributed by atoms with Crippen molar-refractivity contribution in [2.24, 2.45) is 20.5 Å². The van der Waals surface area contributed by atoms with Crippen LogP contribution in [0.5, 0.6) is 23.0 Å². The Bertz CT molecular complexity index is 3130.